The fraction of sp³-hybridized carbons (Fsp3) is 0.875. The molecule has 2 saturated heterocycles. The zero-order valence-corrected chi connectivity index (χ0v) is 15.7. The highest BCUT2D eigenvalue weighted by Crippen LogP contribution is 2.34. The monoisotopic (exact) mass is 308 g/mol. The van der Waals surface area contributed by atoms with Crippen LogP contribution in [0.1, 0.15) is 32.6 Å². The first kappa shape index (κ1) is 14.7. The van der Waals surface area contributed by atoms with Gasteiger partial charge in [-0.3, -0.25) is 0 Å². The van der Waals surface area contributed by atoms with Crippen molar-refractivity contribution >= 4 is 16.1 Å². The summed E-state index contributed by atoms with van der Waals surface area (Å²) in [5.74, 6) is 0. The maximum Gasteiger partial charge on any atom is 0.0971 e. The molecule has 0 N–H and O–H groups in total. The van der Waals surface area contributed by atoms with Gasteiger partial charge in [-0.05, 0) is 6.92 Å². The van der Waals surface area contributed by atoms with E-state index in [0.717, 1.165) is 0 Å². The third-order valence-corrected chi connectivity index (χ3v) is 14.7. The van der Waals surface area contributed by atoms with Crippen molar-refractivity contribution in [2.24, 2.45) is 0 Å². The molecule has 0 aromatic heterocycles. The fourth-order valence-corrected chi connectivity index (χ4v) is 12.7. The summed E-state index contributed by atoms with van der Waals surface area (Å²) >= 11 is 0. The standard InChI is InChI=1S/C16H32N2Si2/c1-16-17(14-19(2)10-4-5-11-19)8-9-18(16)15-20(3)12-6-7-13-20/h8-9,16H,4-7,10-15H2,1-3H3. The number of rotatable bonds is 4. The van der Waals surface area contributed by atoms with E-state index in [4.69, 9.17) is 0 Å². The Morgan fingerprint density at radius 1 is 0.800 bits per heavy atom. The molecule has 0 aliphatic carbocycles. The highest BCUT2D eigenvalue weighted by Gasteiger charge is 2.38. The second kappa shape index (κ2) is 5.52. The molecule has 3 aliphatic rings. The highest BCUT2D eigenvalue weighted by molar-refractivity contribution is 6.80. The topological polar surface area (TPSA) is 6.48 Å². The summed E-state index contributed by atoms with van der Waals surface area (Å²) in [6.07, 6.45) is 14.3. The summed E-state index contributed by atoms with van der Waals surface area (Å²) < 4.78 is 0. The van der Waals surface area contributed by atoms with Gasteiger partial charge in [-0.1, -0.05) is 63.0 Å². The quantitative estimate of drug-likeness (QED) is 0.717. The van der Waals surface area contributed by atoms with E-state index in [0.29, 0.717) is 6.17 Å². The van der Waals surface area contributed by atoms with Crippen LogP contribution in [-0.4, -0.2) is 44.4 Å². The summed E-state index contributed by atoms with van der Waals surface area (Å²) in [6, 6.07) is 6.26. The van der Waals surface area contributed by atoms with Crippen LogP contribution in [-0.2, 0) is 0 Å². The van der Waals surface area contributed by atoms with E-state index in [9.17, 15) is 0 Å². The van der Waals surface area contributed by atoms with Crippen LogP contribution in [0.15, 0.2) is 12.4 Å². The Bertz CT molecular complexity index is 337. The van der Waals surface area contributed by atoms with E-state index in [1.54, 1.807) is 24.2 Å². The van der Waals surface area contributed by atoms with Gasteiger partial charge in [-0.2, -0.15) is 0 Å². The molecule has 3 aliphatic heterocycles. The SMILES string of the molecule is CC1N(C[Si]2(C)CCCC2)C=CN1C[Si]1(C)CCCC1. The summed E-state index contributed by atoms with van der Waals surface area (Å²) in [5, 5.41) is 0. The van der Waals surface area contributed by atoms with Gasteiger partial charge in [0.1, 0.15) is 0 Å². The summed E-state index contributed by atoms with van der Waals surface area (Å²) in [5.41, 5.74) is 0. The maximum atomic E-state index is 2.67. The minimum Gasteiger partial charge on any atom is -0.359 e. The molecule has 2 nitrogen and oxygen atoms in total. The molecule has 2 fully saturated rings. The third kappa shape index (κ3) is 3.01. The van der Waals surface area contributed by atoms with Crippen LogP contribution in [0, 0.1) is 0 Å². The largest absolute Gasteiger partial charge is 0.359 e. The Balaban J connectivity index is 1.57. The van der Waals surface area contributed by atoms with Gasteiger partial charge in [-0.15, -0.1) is 0 Å². The third-order valence-electron chi connectivity index (χ3n) is 6.16. The van der Waals surface area contributed by atoms with Crippen molar-refractivity contribution in [3.8, 4) is 0 Å². The van der Waals surface area contributed by atoms with Crippen molar-refractivity contribution in [1.82, 2.24) is 9.80 Å². The lowest BCUT2D eigenvalue weighted by Gasteiger charge is -2.37. The summed E-state index contributed by atoms with van der Waals surface area (Å²) in [6.45, 7) is 7.70. The zero-order chi connectivity index (χ0) is 14.2. The first-order valence-corrected chi connectivity index (χ1v) is 14.9. The normalized spacial score (nSPS) is 28.8. The molecule has 3 heterocycles. The smallest absolute Gasteiger partial charge is 0.0971 e. The molecule has 0 radical (unpaired) electrons. The van der Waals surface area contributed by atoms with Crippen molar-refractivity contribution in [1.29, 1.82) is 0 Å². The van der Waals surface area contributed by atoms with Gasteiger partial charge in [-0.25, -0.2) is 0 Å². The second-order valence-electron chi connectivity index (χ2n) is 8.31. The number of hydrogen-bond acceptors (Lipinski definition) is 2. The van der Waals surface area contributed by atoms with E-state index in [1.165, 1.54) is 38.0 Å². The minimum atomic E-state index is -0.926. The average Bonchev–Trinajstić information content (AvgIpc) is 3.08. The van der Waals surface area contributed by atoms with Gasteiger partial charge >= 0.3 is 0 Å². The zero-order valence-electron chi connectivity index (χ0n) is 13.7. The van der Waals surface area contributed by atoms with Crippen molar-refractivity contribution in [3.63, 3.8) is 0 Å². The van der Waals surface area contributed by atoms with E-state index >= 15 is 0 Å². The molecule has 0 atom stereocenters. The molecular weight excluding hydrogens is 276 g/mol. The molecule has 0 aromatic carbocycles. The van der Waals surface area contributed by atoms with Gasteiger partial charge in [0.2, 0.25) is 0 Å². The molecule has 4 heteroatoms. The molecule has 114 valence electrons. The van der Waals surface area contributed by atoms with Gasteiger partial charge in [0, 0.05) is 24.7 Å². The van der Waals surface area contributed by atoms with E-state index in [-0.39, 0.29) is 0 Å². The minimum absolute atomic E-state index is 0.629. The van der Waals surface area contributed by atoms with Gasteiger partial charge < -0.3 is 9.80 Å². The van der Waals surface area contributed by atoms with E-state index in [1.807, 2.05) is 0 Å². The fourth-order valence-electron chi connectivity index (χ4n) is 4.64. The van der Waals surface area contributed by atoms with Crippen LogP contribution >= 0.6 is 0 Å². The second-order valence-corrected chi connectivity index (χ2v) is 18.2. The summed E-state index contributed by atoms with van der Waals surface area (Å²) in [7, 11) is -1.85. The first-order chi connectivity index (χ1) is 9.50. The molecule has 20 heavy (non-hydrogen) atoms. The van der Waals surface area contributed by atoms with Crippen LogP contribution < -0.4 is 0 Å². The van der Waals surface area contributed by atoms with Crippen LogP contribution in [0.3, 0.4) is 0 Å². The summed E-state index contributed by atoms with van der Waals surface area (Å²) in [4.78, 5) is 5.34. The van der Waals surface area contributed by atoms with Crippen molar-refractivity contribution in [2.45, 2.75) is 76.0 Å². The van der Waals surface area contributed by atoms with Crippen molar-refractivity contribution < 1.29 is 0 Å². The lowest BCUT2D eigenvalue weighted by atomic mass is 10.4. The maximum absolute atomic E-state index is 2.67. The Morgan fingerprint density at radius 3 is 1.50 bits per heavy atom. The molecule has 0 saturated carbocycles. The predicted molar refractivity (Wildman–Crippen MR) is 92.9 cm³/mol. The van der Waals surface area contributed by atoms with E-state index in [2.05, 4.69) is 42.2 Å². The molecule has 0 bridgehead atoms. The predicted octanol–water partition coefficient (Wildman–Crippen LogP) is 4.24. The number of hydrogen-bond donors (Lipinski definition) is 0. The first-order valence-electron chi connectivity index (χ1n) is 8.70. The Morgan fingerprint density at radius 2 is 1.15 bits per heavy atom. The van der Waals surface area contributed by atoms with Crippen LogP contribution in [0.5, 0.6) is 0 Å². The van der Waals surface area contributed by atoms with Gasteiger partial charge in [0.05, 0.1) is 22.3 Å². The van der Waals surface area contributed by atoms with Crippen LogP contribution in [0.25, 0.3) is 0 Å². The van der Waals surface area contributed by atoms with Crippen molar-refractivity contribution in [3.05, 3.63) is 12.4 Å². The lowest BCUT2D eigenvalue weighted by Crippen LogP contribution is -2.49. The molecular formula is C16H32N2Si2. The Labute approximate surface area is 127 Å². The van der Waals surface area contributed by atoms with Crippen LogP contribution in [0.4, 0.5) is 0 Å². The Hall–Kier alpha value is -0.226. The molecule has 3 rings (SSSR count). The van der Waals surface area contributed by atoms with E-state index < -0.39 is 16.1 Å². The van der Waals surface area contributed by atoms with Crippen LogP contribution in [0.2, 0.25) is 37.3 Å². The van der Waals surface area contributed by atoms with Gasteiger partial charge in [0.15, 0.2) is 0 Å². The molecule has 0 aromatic rings. The van der Waals surface area contributed by atoms with Crippen molar-refractivity contribution in [2.75, 3.05) is 12.3 Å². The number of nitrogens with zero attached hydrogens (tertiary/aromatic N) is 2. The highest BCUT2D eigenvalue weighted by atomic mass is 28.3. The Kier molecular flexibility index (Phi) is 4.06. The lowest BCUT2D eigenvalue weighted by molar-refractivity contribution is 0.204. The molecule has 0 spiro atoms. The molecule has 0 amide bonds. The molecule has 0 unspecified atom stereocenters. The average molecular weight is 309 g/mol. The van der Waals surface area contributed by atoms with Gasteiger partial charge in [0.25, 0.3) is 0 Å².